The van der Waals surface area contributed by atoms with Crippen LogP contribution in [0.3, 0.4) is 0 Å². The van der Waals surface area contributed by atoms with Gasteiger partial charge < -0.3 is 15.0 Å². The predicted octanol–water partition coefficient (Wildman–Crippen LogP) is 2.65. The Morgan fingerprint density at radius 2 is 1.90 bits per heavy atom. The van der Waals surface area contributed by atoms with Crippen LogP contribution in [0.2, 0.25) is 0 Å². The average molecular weight is 298 g/mol. The average Bonchev–Trinajstić information content (AvgIpc) is 2.36. The Morgan fingerprint density at radius 3 is 2.38 bits per heavy atom. The molecule has 1 N–H and O–H groups in total. The predicted molar refractivity (Wildman–Crippen MR) is 82.9 cm³/mol. The minimum absolute atomic E-state index is 0.0310. The van der Waals surface area contributed by atoms with Crippen LogP contribution >= 0.6 is 0 Å². The Kier molecular flexibility index (Phi) is 6.05. The van der Waals surface area contributed by atoms with E-state index in [4.69, 9.17) is 4.74 Å². The van der Waals surface area contributed by atoms with Crippen LogP contribution in [0.4, 0.5) is 4.79 Å². The molecule has 122 valence electrons. The smallest absolute Gasteiger partial charge is 0.407 e. The lowest BCUT2D eigenvalue weighted by Gasteiger charge is -2.41. The van der Waals surface area contributed by atoms with Crippen molar-refractivity contribution in [1.82, 2.24) is 10.2 Å². The van der Waals surface area contributed by atoms with Gasteiger partial charge in [0.15, 0.2) is 0 Å². The Bertz CT molecular complexity index is 374. The Labute approximate surface area is 128 Å². The number of carbonyl (C=O) groups excluding carboxylic acids is 2. The van der Waals surface area contributed by atoms with E-state index in [0.29, 0.717) is 25.0 Å². The second-order valence-corrected chi connectivity index (χ2v) is 7.26. The van der Waals surface area contributed by atoms with E-state index in [0.717, 1.165) is 13.0 Å². The largest absolute Gasteiger partial charge is 0.450 e. The summed E-state index contributed by atoms with van der Waals surface area (Å²) in [5.41, 5.74) is -0.395. The Morgan fingerprint density at radius 1 is 1.29 bits per heavy atom. The molecule has 0 aromatic rings. The number of amides is 2. The van der Waals surface area contributed by atoms with Crippen LogP contribution in [0, 0.1) is 17.3 Å². The third-order valence-corrected chi connectivity index (χ3v) is 3.95. The molecule has 0 bridgehead atoms. The molecule has 1 saturated heterocycles. The molecule has 1 aliphatic rings. The molecule has 0 saturated carbocycles. The van der Waals surface area contributed by atoms with Crippen molar-refractivity contribution >= 4 is 12.0 Å². The van der Waals surface area contributed by atoms with Crippen molar-refractivity contribution in [3.63, 3.8) is 0 Å². The van der Waals surface area contributed by atoms with E-state index in [-0.39, 0.29) is 11.9 Å². The molecule has 0 aromatic carbocycles. The summed E-state index contributed by atoms with van der Waals surface area (Å²) >= 11 is 0. The minimum atomic E-state index is -0.395. The number of likely N-dealkylation sites (tertiary alicyclic amines) is 1. The molecule has 1 rings (SSSR count). The molecule has 21 heavy (non-hydrogen) atoms. The molecule has 1 fully saturated rings. The first-order valence-electron chi connectivity index (χ1n) is 7.87. The Hall–Kier alpha value is -1.26. The zero-order chi connectivity index (χ0) is 16.2. The highest BCUT2D eigenvalue weighted by atomic mass is 16.5. The van der Waals surface area contributed by atoms with Crippen molar-refractivity contribution in [3.8, 4) is 0 Å². The third kappa shape index (κ3) is 5.21. The lowest BCUT2D eigenvalue weighted by molar-refractivity contribution is -0.142. The lowest BCUT2D eigenvalue weighted by Crippen LogP contribution is -2.55. The Balaban J connectivity index is 2.77. The maximum atomic E-state index is 12.5. The number of hydrogen-bond acceptors (Lipinski definition) is 3. The van der Waals surface area contributed by atoms with E-state index in [9.17, 15) is 9.59 Å². The summed E-state index contributed by atoms with van der Waals surface area (Å²) in [7, 11) is 0. The molecule has 0 spiro atoms. The van der Waals surface area contributed by atoms with Gasteiger partial charge in [-0.25, -0.2) is 4.79 Å². The highest BCUT2D eigenvalue weighted by Crippen LogP contribution is 2.27. The number of nitrogens with one attached hydrogen (secondary N) is 1. The summed E-state index contributed by atoms with van der Waals surface area (Å²) in [5, 5.41) is 2.89. The summed E-state index contributed by atoms with van der Waals surface area (Å²) in [6, 6.07) is -0.0310. The van der Waals surface area contributed by atoms with Gasteiger partial charge >= 0.3 is 6.09 Å². The molecule has 1 heterocycles. The van der Waals surface area contributed by atoms with Gasteiger partial charge in [0.25, 0.3) is 0 Å². The molecular formula is C16H30N2O3. The molecule has 0 radical (unpaired) electrons. The van der Waals surface area contributed by atoms with Crippen LogP contribution in [-0.4, -0.2) is 42.6 Å². The number of alkyl carbamates (subject to hydrolysis) is 1. The molecule has 0 aromatic heterocycles. The van der Waals surface area contributed by atoms with E-state index in [1.165, 1.54) is 0 Å². The number of hydrogen-bond donors (Lipinski definition) is 1. The van der Waals surface area contributed by atoms with E-state index in [1.54, 1.807) is 6.92 Å². The highest BCUT2D eigenvalue weighted by molar-refractivity contribution is 5.81. The molecule has 2 atom stereocenters. The quantitative estimate of drug-likeness (QED) is 0.871. The fraction of sp³-hybridized carbons (Fsp3) is 0.875. The zero-order valence-corrected chi connectivity index (χ0v) is 14.2. The number of rotatable bonds is 3. The molecule has 5 nitrogen and oxygen atoms in total. The van der Waals surface area contributed by atoms with E-state index < -0.39 is 11.5 Å². The minimum Gasteiger partial charge on any atom is -0.450 e. The maximum Gasteiger partial charge on any atom is 0.407 e. The molecule has 2 amide bonds. The van der Waals surface area contributed by atoms with Crippen molar-refractivity contribution in [3.05, 3.63) is 0 Å². The monoisotopic (exact) mass is 298 g/mol. The topological polar surface area (TPSA) is 58.6 Å². The van der Waals surface area contributed by atoms with Gasteiger partial charge in [-0.3, -0.25) is 4.79 Å². The summed E-state index contributed by atoms with van der Waals surface area (Å²) in [6.07, 6.45) is 0.500. The number of carbonyl (C=O) groups is 2. The van der Waals surface area contributed by atoms with Gasteiger partial charge in [-0.2, -0.15) is 0 Å². The van der Waals surface area contributed by atoms with Gasteiger partial charge in [0.1, 0.15) is 0 Å². The number of ether oxygens (including phenoxy) is 1. The van der Waals surface area contributed by atoms with Crippen molar-refractivity contribution in [2.24, 2.45) is 17.3 Å². The van der Waals surface area contributed by atoms with Crippen molar-refractivity contribution in [2.45, 2.75) is 54.0 Å². The highest BCUT2D eigenvalue weighted by Gasteiger charge is 2.36. The number of piperidine rings is 1. The first-order valence-corrected chi connectivity index (χ1v) is 7.87. The van der Waals surface area contributed by atoms with Crippen LogP contribution < -0.4 is 5.32 Å². The van der Waals surface area contributed by atoms with Gasteiger partial charge in [-0.1, -0.05) is 34.6 Å². The van der Waals surface area contributed by atoms with E-state index in [1.807, 2.05) is 25.7 Å². The molecule has 1 aliphatic heterocycles. The van der Waals surface area contributed by atoms with Gasteiger partial charge in [-0.05, 0) is 25.2 Å². The van der Waals surface area contributed by atoms with Crippen molar-refractivity contribution < 1.29 is 14.3 Å². The molecular weight excluding hydrogens is 268 g/mol. The second kappa shape index (κ2) is 7.14. The third-order valence-electron chi connectivity index (χ3n) is 3.95. The fourth-order valence-corrected chi connectivity index (χ4v) is 2.71. The summed E-state index contributed by atoms with van der Waals surface area (Å²) in [5.74, 6) is 1.02. The summed E-state index contributed by atoms with van der Waals surface area (Å²) in [4.78, 5) is 26.0. The number of nitrogens with zero attached hydrogens (tertiary/aromatic N) is 1. The van der Waals surface area contributed by atoms with Crippen LogP contribution in [0.1, 0.15) is 48.0 Å². The van der Waals surface area contributed by atoms with Crippen LogP contribution in [0.25, 0.3) is 0 Å². The summed E-state index contributed by atoms with van der Waals surface area (Å²) < 4.78 is 4.95. The van der Waals surface area contributed by atoms with Crippen LogP contribution in [0.15, 0.2) is 0 Å². The van der Waals surface area contributed by atoms with Crippen molar-refractivity contribution in [1.29, 1.82) is 0 Å². The summed E-state index contributed by atoms with van der Waals surface area (Å²) in [6.45, 7) is 13.6. The normalized spacial score (nSPS) is 23.1. The van der Waals surface area contributed by atoms with Crippen molar-refractivity contribution in [2.75, 3.05) is 19.7 Å². The van der Waals surface area contributed by atoms with E-state index >= 15 is 0 Å². The van der Waals surface area contributed by atoms with Crippen LogP contribution in [-0.2, 0) is 9.53 Å². The lowest BCUT2D eigenvalue weighted by atomic mass is 9.84. The molecule has 5 heteroatoms. The standard InChI is InChI=1S/C16H30N2O3/c1-7-21-15(20)17-13-8-12(11(2)3)9-18(10-13)14(19)16(4,5)6/h11-13H,7-10H2,1-6H3,(H,17,20). The maximum absolute atomic E-state index is 12.5. The first-order chi connectivity index (χ1) is 9.65. The van der Waals surface area contributed by atoms with Gasteiger partial charge in [-0.15, -0.1) is 0 Å². The van der Waals surface area contributed by atoms with Gasteiger partial charge in [0.2, 0.25) is 5.91 Å². The fourth-order valence-electron chi connectivity index (χ4n) is 2.71. The van der Waals surface area contributed by atoms with Gasteiger partial charge in [0, 0.05) is 18.5 Å². The first kappa shape index (κ1) is 17.8. The van der Waals surface area contributed by atoms with Crippen LogP contribution in [0.5, 0.6) is 0 Å². The van der Waals surface area contributed by atoms with E-state index in [2.05, 4.69) is 19.2 Å². The molecule has 0 aliphatic carbocycles. The second-order valence-electron chi connectivity index (χ2n) is 7.26. The van der Waals surface area contributed by atoms with Gasteiger partial charge in [0.05, 0.1) is 12.6 Å². The zero-order valence-electron chi connectivity index (χ0n) is 14.2. The SMILES string of the molecule is CCOC(=O)NC1CC(C(C)C)CN(C(=O)C(C)(C)C)C1. The molecule has 2 unspecified atom stereocenters.